The molecule has 11 heteroatoms. The molecule has 0 aromatic carbocycles. The summed E-state index contributed by atoms with van der Waals surface area (Å²) in [6.07, 6.45) is 5.48. The summed E-state index contributed by atoms with van der Waals surface area (Å²) in [7, 11) is 0. The van der Waals surface area contributed by atoms with E-state index in [1.54, 1.807) is 18.3 Å². The minimum atomic E-state index is -1.07. The third-order valence-electron chi connectivity index (χ3n) is 7.84. The first kappa shape index (κ1) is 25.9. The fourth-order valence-electron chi connectivity index (χ4n) is 5.60. The van der Waals surface area contributed by atoms with Gasteiger partial charge in [0.05, 0.1) is 54.7 Å². The van der Waals surface area contributed by atoms with Gasteiger partial charge in [0, 0.05) is 25.2 Å². The first-order valence-electron chi connectivity index (χ1n) is 13.1. The molecule has 0 radical (unpaired) electrons. The average Bonchev–Trinajstić information content (AvgIpc) is 2.91. The summed E-state index contributed by atoms with van der Waals surface area (Å²) in [5.41, 5.74) is -0.481. The van der Waals surface area contributed by atoms with E-state index in [1.165, 1.54) is 10.6 Å². The van der Waals surface area contributed by atoms with Crippen molar-refractivity contribution in [2.75, 3.05) is 26.4 Å². The highest BCUT2D eigenvalue weighted by atomic mass is 16.7. The van der Waals surface area contributed by atoms with Gasteiger partial charge in [0.15, 0.2) is 6.29 Å². The molecule has 1 amide bonds. The Balaban J connectivity index is 1.22. The number of ether oxygens (including phenoxy) is 4. The minimum Gasteiger partial charge on any atom is -0.492 e. The highest BCUT2D eigenvalue weighted by molar-refractivity contribution is 5.75. The van der Waals surface area contributed by atoms with Crippen molar-refractivity contribution < 1.29 is 34.0 Å². The number of carbonyl (C=O) groups is 1. The van der Waals surface area contributed by atoms with Crippen LogP contribution >= 0.6 is 0 Å². The zero-order chi connectivity index (χ0) is 25.9. The first-order valence-corrected chi connectivity index (χ1v) is 13.1. The van der Waals surface area contributed by atoms with Crippen LogP contribution in [0.4, 0.5) is 4.79 Å². The maximum absolute atomic E-state index is 12.8. The topological polar surface area (TPSA) is 141 Å². The van der Waals surface area contributed by atoms with Crippen LogP contribution in [0.1, 0.15) is 51.4 Å². The summed E-state index contributed by atoms with van der Waals surface area (Å²) in [6.45, 7) is 1.96. The molecule has 0 spiro atoms. The molecule has 11 nitrogen and oxygen atoms in total. The zero-order valence-corrected chi connectivity index (χ0v) is 20.9. The van der Waals surface area contributed by atoms with E-state index in [0.717, 1.165) is 25.9 Å². The Bertz CT molecular complexity index is 1140. The summed E-state index contributed by atoms with van der Waals surface area (Å²) in [5, 5.41) is 23.0. The van der Waals surface area contributed by atoms with E-state index < -0.39 is 23.3 Å². The lowest BCUT2D eigenvalue weighted by molar-refractivity contribution is -0.209. The normalized spacial score (nSPS) is 28.2. The first-order chi connectivity index (χ1) is 17.9. The van der Waals surface area contributed by atoms with Crippen molar-refractivity contribution in [3.8, 4) is 5.75 Å². The van der Waals surface area contributed by atoms with Crippen LogP contribution in [-0.4, -0.2) is 75.8 Å². The molecule has 3 aliphatic heterocycles. The van der Waals surface area contributed by atoms with Crippen molar-refractivity contribution in [3.05, 3.63) is 34.7 Å². The van der Waals surface area contributed by atoms with Gasteiger partial charge in [0.2, 0.25) is 0 Å². The Morgan fingerprint density at radius 1 is 1.24 bits per heavy atom. The molecular weight excluding hydrogens is 482 g/mol. The highest BCUT2D eigenvalue weighted by Crippen LogP contribution is 2.45. The molecule has 3 saturated heterocycles. The summed E-state index contributed by atoms with van der Waals surface area (Å²) in [6, 6.07) is 4.86. The van der Waals surface area contributed by atoms with Gasteiger partial charge in [-0.1, -0.05) is 0 Å². The van der Waals surface area contributed by atoms with Crippen LogP contribution in [-0.2, 0) is 20.8 Å². The number of nitrogens with one attached hydrogen (secondary N) is 1. The van der Waals surface area contributed by atoms with Crippen LogP contribution in [0, 0.1) is 0 Å². The van der Waals surface area contributed by atoms with E-state index in [-0.39, 0.29) is 25.0 Å². The van der Waals surface area contributed by atoms with Crippen molar-refractivity contribution in [2.45, 2.75) is 81.4 Å². The van der Waals surface area contributed by atoms with Crippen LogP contribution in [0.3, 0.4) is 0 Å². The summed E-state index contributed by atoms with van der Waals surface area (Å²) >= 11 is 0. The summed E-state index contributed by atoms with van der Waals surface area (Å²) < 4.78 is 24.7. The predicted molar refractivity (Wildman–Crippen MR) is 133 cm³/mol. The number of pyridine rings is 2. The fourth-order valence-corrected chi connectivity index (χ4v) is 5.60. The van der Waals surface area contributed by atoms with E-state index in [9.17, 15) is 14.7 Å². The van der Waals surface area contributed by atoms with Gasteiger partial charge in [0.1, 0.15) is 11.9 Å². The number of hydrogen-bond acceptors (Lipinski definition) is 8. The van der Waals surface area contributed by atoms with Gasteiger partial charge in [-0.2, -0.15) is 0 Å². The number of hydrogen-bond donors (Lipinski definition) is 3. The van der Waals surface area contributed by atoms with Gasteiger partial charge in [-0.05, 0) is 51.0 Å². The molecule has 6 rings (SSSR count). The van der Waals surface area contributed by atoms with Crippen LogP contribution in [0.15, 0.2) is 29.2 Å². The number of fused-ring (bicyclic) bond motifs is 4. The summed E-state index contributed by atoms with van der Waals surface area (Å²) in [5.74, 6) is 0.532. The number of aliphatic hydroxyl groups excluding tert-OH is 1. The van der Waals surface area contributed by atoms with Gasteiger partial charge in [0.25, 0.3) is 5.56 Å². The fraction of sp³-hybridized carbons (Fsp3) is 0.654. The molecular formula is C26H35N3O8. The Kier molecular flexibility index (Phi) is 7.66. The van der Waals surface area contributed by atoms with Crippen molar-refractivity contribution in [2.24, 2.45) is 0 Å². The smallest absolute Gasteiger partial charge is 0.405 e. The number of rotatable bonds is 10. The third-order valence-corrected chi connectivity index (χ3v) is 7.84. The molecule has 2 atom stereocenters. The molecule has 4 aliphatic rings. The average molecular weight is 518 g/mol. The van der Waals surface area contributed by atoms with E-state index in [1.807, 2.05) is 0 Å². The maximum atomic E-state index is 12.8. The van der Waals surface area contributed by atoms with E-state index in [0.29, 0.717) is 62.1 Å². The number of aliphatic hydroxyl groups is 1. The second-order valence-electron chi connectivity index (χ2n) is 10.3. The van der Waals surface area contributed by atoms with Gasteiger partial charge in [-0.25, -0.2) is 4.79 Å². The van der Waals surface area contributed by atoms with Crippen molar-refractivity contribution in [1.82, 2.24) is 14.9 Å². The van der Waals surface area contributed by atoms with Gasteiger partial charge in [-0.15, -0.1) is 0 Å². The van der Waals surface area contributed by atoms with Crippen molar-refractivity contribution >= 4 is 17.1 Å². The Morgan fingerprint density at radius 3 is 2.78 bits per heavy atom. The lowest BCUT2D eigenvalue weighted by Crippen LogP contribution is -2.66. The highest BCUT2D eigenvalue weighted by Gasteiger charge is 2.53. The molecule has 2 bridgehead atoms. The van der Waals surface area contributed by atoms with Crippen molar-refractivity contribution in [1.29, 1.82) is 0 Å². The Morgan fingerprint density at radius 2 is 2.08 bits per heavy atom. The van der Waals surface area contributed by atoms with Gasteiger partial charge < -0.3 is 39.0 Å². The van der Waals surface area contributed by atoms with Crippen LogP contribution in [0.5, 0.6) is 5.75 Å². The molecule has 2 unspecified atom stereocenters. The molecule has 2 aromatic heterocycles. The minimum absolute atomic E-state index is 0.0376. The largest absolute Gasteiger partial charge is 0.492 e. The molecule has 37 heavy (non-hydrogen) atoms. The van der Waals surface area contributed by atoms with Crippen LogP contribution in [0.25, 0.3) is 11.0 Å². The number of amides is 1. The molecule has 3 N–H and O–H groups in total. The van der Waals surface area contributed by atoms with Gasteiger partial charge >= 0.3 is 6.09 Å². The molecule has 4 fully saturated rings. The van der Waals surface area contributed by atoms with Gasteiger partial charge in [-0.3, -0.25) is 9.78 Å². The Labute approximate surface area is 214 Å². The quantitative estimate of drug-likeness (QED) is 0.405. The van der Waals surface area contributed by atoms with Crippen molar-refractivity contribution in [3.63, 3.8) is 0 Å². The molecule has 5 heterocycles. The number of carboxylic acid groups (broad SMARTS) is 1. The second-order valence-corrected chi connectivity index (χ2v) is 10.3. The SMILES string of the molecule is O=C(O)NC12CCC(C(O)Cn3c(=O)ccc4ncc(OCCCOC5CCCCO5)cc43)(CC1)OC2. The molecule has 202 valence electrons. The predicted octanol–water partition coefficient (Wildman–Crippen LogP) is 2.42. The Hall–Kier alpha value is -2.73. The monoisotopic (exact) mass is 517 g/mol. The molecule has 1 saturated carbocycles. The van der Waals surface area contributed by atoms with Crippen LogP contribution in [0.2, 0.25) is 0 Å². The summed E-state index contributed by atoms with van der Waals surface area (Å²) in [4.78, 5) is 28.4. The van der Waals surface area contributed by atoms with E-state index in [4.69, 9.17) is 24.1 Å². The van der Waals surface area contributed by atoms with Crippen LogP contribution < -0.4 is 15.6 Å². The third kappa shape index (κ3) is 5.74. The second kappa shape index (κ2) is 10.9. The lowest BCUT2D eigenvalue weighted by Gasteiger charge is -2.54. The zero-order valence-electron chi connectivity index (χ0n) is 20.9. The standard InChI is InChI=1S/C26H35N3O8/c30-21(26-9-7-25(8-10-26,17-37-26)28-24(32)33)16-29-20-14-18(15-27-19(20)5-6-22(29)31)34-12-3-13-36-23-4-1-2-11-35-23/h5-6,14-15,21,23,28,30H,1-4,7-13,16-17H2,(H,32,33). The number of nitrogens with zero attached hydrogens (tertiary/aromatic N) is 2. The lowest BCUT2D eigenvalue weighted by atomic mass is 9.69. The van der Waals surface area contributed by atoms with E-state index in [2.05, 4.69) is 10.3 Å². The van der Waals surface area contributed by atoms with E-state index >= 15 is 0 Å². The molecule has 1 aliphatic carbocycles. The maximum Gasteiger partial charge on any atom is 0.405 e. The number of aromatic nitrogens is 2. The molecule has 2 aromatic rings.